The smallest absolute Gasteiger partial charge is 0.169 e. The van der Waals surface area contributed by atoms with E-state index >= 15 is 0 Å². The molecular formula is C22H35BrN2Si. The molecule has 0 atom stereocenters. The van der Waals surface area contributed by atoms with Crippen LogP contribution in [0.4, 0.5) is 0 Å². The summed E-state index contributed by atoms with van der Waals surface area (Å²) in [5, 5.41) is 0. The lowest BCUT2D eigenvalue weighted by Crippen LogP contribution is -2.51. The highest BCUT2D eigenvalue weighted by molar-refractivity contribution is 9.10. The van der Waals surface area contributed by atoms with E-state index in [2.05, 4.69) is 74.0 Å². The van der Waals surface area contributed by atoms with Gasteiger partial charge in [0.25, 0.3) is 0 Å². The molecule has 2 nitrogen and oxygen atoms in total. The number of hydrogen-bond donors (Lipinski definition) is 0. The molecule has 2 aromatic rings. The van der Waals surface area contributed by atoms with Crippen LogP contribution in [-0.2, 0) is 0 Å². The Bertz CT molecular complexity index is 735. The molecule has 0 bridgehead atoms. The second-order valence-electron chi connectivity index (χ2n) is 9.16. The Balaban J connectivity index is 2.29. The van der Waals surface area contributed by atoms with E-state index in [1.807, 2.05) is 6.20 Å². The number of rotatable bonds is 5. The maximum atomic E-state index is 4.92. The quantitative estimate of drug-likeness (QED) is 0.437. The zero-order valence-electron chi connectivity index (χ0n) is 17.3. The highest BCUT2D eigenvalue weighted by atomic mass is 79.9. The SMILES string of the molecule is CC(C)[Si](C(C)C)(C(C)C)n1cc(C2CCCCC2)c2ncc(Br)cc21. The Labute approximate surface area is 169 Å². The Hall–Kier alpha value is -0.613. The number of fused-ring (bicyclic) bond motifs is 1. The van der Waals surface area contributed by atoms with Crippen LogP contribution in [0.1, 0.15) is 85.1 Å². The number of aromatic nitrogens is 2. The van der Waals surface area contributed by atoms with Gasteiger partial charge in [-0.1, -0.05) is 60.8 Å². The molecule has 0 aromatic carbocycles. The zero-order chi connectivity index (χ0) is 19.1. The minimum absolute atomic E-state index is 0.691. The van der Waals surface area contributed by atoms with Crippen LogP contribution >= 0.6 is 15.9 Å². The first kappa shape index (κ1) is 20.1. The molecule has 0 radical (unpaired) electrons. The van der Waals surface area contributed by atoms with Gasteiger partial charge in [0, 0.05) is 16.9 Å². The lowest BCUT2D eigenvalue weighted by Gasteiger charge is -2.44. The first-order valence-electron chi connectivity index (χ1n) is 10.5. The van der Waals surface area contributed by atoms with Crippen molar-refractivity contribution in [2.45, 2.75) is 96.2 Å². The Morgan fingerprint density at radius 2 is 1.58 bits per heavy atom. The predicted molar refractivity (Wildman–Crippen MR) is 120 cm³/mol. The van der Waals surface area contributed by atoms with E-state index in [1.54, 1.807) is 0 Å². The Morgan fingerprint density at radius 1 is 1.00 bits per heavy atom. The second kappa shape index (κ2) is 7.79. The Kier molecular flexibility index (Phi) is 6.03. The van der Waals surface area contributed by atoms with Gasteiger partial charge < -0.3 is 4.23 Å². The normalized spacial score (nSPS) is 17.2. The lowest BCUT2D eigenvalue weighted by molar-refractivity contribution is 0.445. The monoisotopic (exact) mass is 434 g/mol. The third kappa shape index (κ3) is 3.21. The van der Waals surface area contributed by atoms with Crippen molar-refractivity contribution in [3.63, 3.8) is 0 Å². The van der Waals surface area contributed by atoms with Crippen molar-refractivity contribution < 1.29 is 0 Å². The molecule has 1 aliphatic rings. The molecule has 0 saturated heterocycles. The molecule has 0 aliphatic heterocycles. The third-order valence-corrected chi connectivity index (χ3v) is 14.1. The molecule has 0 spiro atoms. The standard InChI is InChI=1S/C22H35BrN2Si/c1-15(2)26(16(3)4,17(5)6)25-14-20(18-10-8-7-9-11-18)22-21(25)12-19(23)13-24-22/h12-18H,7-11H2,1-6H3. The van der Waals surface area contributed by atoms with E-state index in [0.29, 0.717) is 22.5 Å². The van der Waals surface area contributed by atoms with Crippen molar-refractivity contribution in [3.05, 3.63) is 28.5 Å². The molecular weight excluding hydrogens is 400 g/mol. The summed E-state index contributed by atoms with van der Waals surface area (Å²) in [7, 11) is -1.78. The van der Waals surface area contributed by atoms with Gasteiger partial charge in [-0.25, -0.2) is 0 Å². The summed E-state index contributed by atoms with van der Waals surface area (Å²) in [6.45, 7) is 14.7. The van der Waals surface area contributed by atoms with Gasteiger partial charge in [-0.05, 0) is 62.9 Å². The largest absolute Gasteiger partial charge is 0.372 e. The van der Waals surface area contributed by atoms with E-state index in [4.69, 9.17) is 4.98 Å². The van der Waals surface area contributed by atoms with Crippen LogP contribution in [0.2, 0.25) is 16.6 Å². The van der Waals surface area contributed by atoms with Crippen molar-refractivity contribution in [1.29, 1.82) is 0 Å². The van der Waals surface area contributed by atoms with E-state index in [9.17, 15) is 0 Å². The first-order chi connectivity index (χ1) is 12.3. The molecule has 2 aromatic heterocycles. The summed E-state index contributed by atoms with van der Waals surface area (Å²) in [5.41, 5.74) is 6.22. The highest BCUT2D eigenvalue weighted by Crippen LogP contribution is 2.46. The molecule has 4 heteroatoms. The average molecular weight is 436 g/mol. The lowest BCUT2D eigenvalue weighted by atomic mass is 9.85. The maximum Gasteiger partial charge on any atom is 0.169 e. The van der Waals surface area contributed by atoms with Crippen LogP contribution in [0, 0.1) is 0 Å². The van der Waals surface area contributed by atoms with Gasteiger partial charge in [-0.15, -0.1) is 0 Å². The highest BCUT2D eigenvalue weighted by Gasteiger charge is 2.46. The molecule has 144 valence electrons. The van der Waals surface area contributed by atoms with Gasteiger partial charge in [-0.2, -0.15) is 0 Å². The summed E-state index contributed by atoms with van der Waals surface area (Å²) in [6.07, 6.45) is 11.3. The van der Waals surface area contributed by atoms with E-state index in [1.165, 1.54) is 48.7 Å². The summed E-state index contributed by atoms with van der Waals surface area (Å²) < 4.78 is 3.85. The Morgan fingerprint density at radius 3 is 2.12 bits per heavy atom. The molecule has 2 heterocycles. The number of nitrogens with zero attached hydrogens (tertiary/aromatic N) is 2. The van der Waals surface area contributed by atoms with Gasteiger partial charge in [0.1, 0.15) is 0 Å². The molecule has 0 amide bonds. The topological polar surface area (TPSA) is 17.8 Å². The minimum Gasteiger partial charge on any atom is -0.372 e. The molecule has 3 rings (SSSR count). The maximum absolute atomic E-state index is 4.92. The van der Waals surface area contributed by atoms with Gasteiger partial charge in [0.2, 0.25) is 0 Å². The molecule has 1 saturated carbocycles. The van der Waals surface area contributed by atoms with Gasteiger partial charge in [0.05, 0.1) is 11.0 Å². The summed E-state index contributed by atoms with van der Waals surface area (Å²) in [6, 6.07) is 2.32. The van der Waals surface area contributed by atoms with Crippen LogP contribution in [-0.4, -0.2) is 17.5 Å². The molecule has 1 aliphatic carbocycles. The van der Waals surface area contributed by atoms with E-state index < -0.39 is 8.24 Å². The number of hydrogen-bond acceptors (Lipinski definition) is 1. The molecule has 26 heavy (non-hydrogen) atoms. The van der Waals surface area contributed by atoms with Crippen LogP contribution in [0.5, 0.6) is 0 Å². The van der Waals surface area contributed by atoms with Crippen molar-refractivity contribution in [2.75, 3.05) is 0 Å². The van der Waals surface area contributed by atoms with Crippen LogP contribution in [0.25, 0.3) is 11.0 Å². The van der Waals surface area contributed by atoms with Crippen molar-refractivity contribution in [2.24, 2.45) is 0 Å². The van der Waals surface area contributed by atoms with E-state index in [0.717, 1.165) is 4.47 Å². The third-order valence-electron chi connectivity index (χ3n) is 6.87. The van der Waals surface area contributed by atoms with Gasteiger partial charge >= 0.3 is 0 Å². The fraction of sp³-hybridized carbons (Fsp3) is 0.682. The summed E-state index contributed by atoms with van der Waals surface area (Å²) in [4.78, 5) is 4.92. The number of pyridine rings is 1. The molecule has 0 unspecified atom stereocenters. The molecule has 1 fully saturated rings. The van der Waals surface area contributed by atoms with Gasteiger partial charge in [0.15, 0.2) is 8.24 Å². The summed E-state index contributed by atoms with van der Waals surface area (Å²) >= 11 is 3.69. The predicted octanol–water partition coefficient (Wildman–Crippen LogP) is 7.87. The number of halogens is 1. The van der Waals surface area contributed by atoms with Crippen LogP contribution < -0.4 is 0 Å². The first-order valence-corrected chi connectivity index (χ1v) is 13.4. The molecule has 0 N–H and O–H groups in total. The second-order valence-corrected chi connectivity index (χ2v) is 15.8. The van der Waals surface area contributed by atoms with E-state index in [-0.39, 0.29) is 0 Å². The van der Waals surface area contributed by atoms with Gasteiger partial charge in [-0.3, -0.25) is 4.98 Å². The van der Waals surface area contributed by atoms with Crippen molar-refractivity contribution in [3.8, 4) is 0 Å². The summed E-state index contributed by atoms with van der Waals surface area (Å²) in [5.74, 6) is 0.694. The minimum atomic E-state index is -1.78. The van der Waals surface area contributed by atoms with Crippen LogP contribution in [0.15, 0.2) is 22.9 Å². The fourth-order valence-corrected chi connectivity index (χ4v) is 12.9. The fourth-order valence-electron chi connectivity index (χ4n) is 5.97. The van der Waals surface area contributed by atoms with Crippen LogP contribution in [0.3, 0.4) is 0 Å². The average Bonchev–Trinajstić information content (AvgIpc) is 2.94. The van der Waals surface area contributed by atoms with Crippen molar-refractivity contribution in [1.82, 2.24) is 9.22 Å². The zero-order valence-corrected chi connectivity index (χ0v) is 19.9. The van der Waals surface area contributed by atoms with Crippen molar-refractivity contribution >= 4 is 35.2 Å².